The third-order valence-electron chi connectivity index (χ3n) is 13.4. The summed E-state index contributed by atoms with van der Waals surface area (Å²) < 4.78 is 0. The highest BCUT2D eigenvalue weighted by Gasteiger charge is 2.70. The first-order chi connectivity index (χ1) is 16.0. The zero-order chi connectivity index (χ0) is 26.0. The lowest BCUT2D eigenvalue weighted by molar-refractivity contribution is -0.234. The summed E-state index contributed by atoms with van der Waals surface area (Å²) in [5.41, 5.74) is -0.415. The Morgan fingerprint density at radius 2 is 1.49 bits per heavy atom. The molecule has 4 saturated carbocycles. The molecule has 0 heterocycles. The molecular formula is C30H48O5. The number of fused-ring (bicyclic) bond motifs is 7. The van der Waals surface area contributed by atoms with E-state index in [0.717, 1.165) is 38.5 Å². The van der Waals surface area contributed by atoms with Gasteiger partial charge in [-0.1, -0.05) is 53.2 Å². The molecule has 5 heteroatoms. The van der Waals surface area contributed by atoms with Crippen molar-refractivity contribution in [3.63, 3.8) is 0 Å². The Morgan fingerprint density at radius 3 is 2.11 bits per heavy atom. The summed E-state index contributed by atoms with van der Waals surface area (Å²) in [6.07, 6.45) is 7.14. The quantitative estimate of drug-likeness (QED) is 0.382. The molecule has 0 amide bonds. The van der Waals surface area contributed by atoms with Crippen molar-refractivity contribution >= 4 is 5.97 Å². The van der Waals surface area contributed by atoms with Crippen LogP contribution in [0.25, 0.3) is 0 Å². The number of carboxylic acids is 1. The van der Waals surface area contributed by atoms with Gasteiger partial charge >= 0.3 is 5.97 Å². The number of rotatable bonds is 1. The van der Waals surface area contributed by atoms with Crippen LogP contribution in [0.2, 0.25) is 0 Å². The van der Waals surface area contributed by atoms with E-state index in [9.17, 15) is 25.2 Å². The van der Waals surface area contributed by atoms with Crippen LogP contribution in [0.4, 0.5) is 0 Å². The largest absolute Gasteiger partial charge is 0.481 e. The molecule has 0 aromatic rings. The molecule has 5 aliphatic rings. The fourth-order valence-corrected chi connectivity index (χ4v) is 10.8. The lowest BCUT2D eigenvalue weighted by atomic mass is 9.33. The van der Waals surface area contributed by atoms with E-state index in [4.69, 9.17) is 0 Å². The van der Waals surface area contributed by atoms with Crippen molar-refractivity contribution in [2.75, 3.05) is 0 Å². The Kier molecular flexibility index (Phi) is 5.40. The molecule has 0 aliphatic heterocycles. The first kappa shape index (κ1) is 25.7. The summed E-state index contributed by atoms with van der Waals surface area (Å²) in [5.74, 6) is -0.297. The molecule has 35 heavy (non-hydrogen) atoms. The molecule has 4 N–H and O–H groups in total. The van der Waals surface area contributed by atoms with E-state index >= 15 is 0 Å². The zero-order valence-corrected chi connectivity index (χ0v) is 22.9. The van der Waals surface area contributed by atoms with Gasteiger partial charge in [-0.15, -0.1) is 0 Å². The minimum absolute atomic E-state index is 0.00144. The van der Waals surface area contributed by atoms with Crippen LogP contribution in [0.3, 0.4) is 0 Å². The molecule has 4 fully saturated rings. The minimum atomic E-state index is -1.11. The second-order valence-electron chi connectivity index (χ2n) is 15.1. The Hall–Kier alpha value is -0.910. The van der Waals surface area contributed by atoms with Gasteiger partial charge in [-0.2, -0.15) is 0 Å². The van der Waals surface area contributed by atoms with Crippen molar-refractivity contribution in [1.29, 1.82) is 0 Å². The van der Waals surface area contributed by atoms with E-state index in [2.05, 4.69) is 47.6 Å². The smallest absolute Gasteiger partial charge is 0.312 e. The Morgan fingerprint density at radius 1 is 0.857 bits per heavy atom. The summed E-state index contributed by atoms with van der Waals surface area (Å²) in [6, 6.07) is 0. The highest BCUT2D eigenvalue weighted by molar-refractivity contribution is 5.75. The number of aliphatic hydroxyl groups is 3. The van der Waals surface area contributed by atoms with Crippen molar-refractivity contribution in [3.05, 3.63) is 11.6 Å². The van der Waals surface area contributed by atoms with E-state index in [1.54, 1.807) is 6.92 Å². The van der Waals surface area contributed by atoms with Crippen molar-refractivity contribution in [2.45, 2.75) is 118 Å². The standard InChI is InChI=1S/C30H48O5/c1-25(2)19-10-11-30(7)20(28(19,5)16-18(31)22(25)32)9-8-17-21-23(33)27(4,24(34)35)14-12-26(21,3)13-15-29(17,30)6/h8,18-23,31-33H,9-16H2,1-7H3,(H,34,35)/t18-,19-,20-,21-,22+,23+,26-,27-,28+,29-,30-/m1/s1. The van der Waals surface area contributed by atoms with Crippen LogP contribution in [0.15, 0.2) is 11.6 Å². The van der Waals surface area contributed by atoms with Crippen LogP contribution in [-0.4, -0.2) is 44.7 Å². The molecule has 5 aliphatic carbocycles. The van der Waals surface area contributed by atoms with Gasteiger partial charge in [0.25, 0.3) is 0 Å². The second kappa shape index (κ2) is 7.35. The number of carboxylic acid groups (broad SMARTS) is 1. The van der Waals surface area contributed by atoms with Crippen LogP contribution in [0.5, 0.6) is 0 Å². The van der Waals surface area contributed by atoms with Gasteiger partial charge in [0.05, 0.1) is 23.7 Å². The van der Waals surface area contributed by atoms with Crippen LogP contribution >= 0.6 is 0 Å². The van der Waals surface area contributed by atoms with Crippen molar-refractivity contribution in [2.24, 2.45) is 50.2 Å². The van der Waals surface area contributed by atoms with Gasteiger partial charge in [0.2, 0.25) is 0 Å². The summed E-state index contributed by atoms with van der Waals surface area (Å²) in [4.78, 5) is 12.3. The number of carbonyl (C=O) groups is 1. The lowest BCUT2D eigenvalue weighted by Gasteiger charge is -2.72. The van der Waals surface area contributed by atoms with Crippen LogP contribution in [0.1, 0.15) is 99.8 Å². The van der Waals surface area contributed by atoms with E-state index in [0.29, 0.717) is 24.7 Å². The monoisotopic (exact) mass is 488 g/mol. The van der Waals surface area contributed by atoms with Gasteiger partial charge in [0.15, 0.2) is 0 Å². The maximum Gasteiger partial charge on any atom is 0.312 e. The SMILES string of the molecule is CC1(C)[C@H]2CC[C@]3(C)[C@H](CC=C4[C@@H]5[C@H](O)[C@](C)(C(=O)O)CC[C@]5(C)CC[C@]43C)[C@@]2(C)C[C@@H](O)[C@@H]1O. The maximum atomic E-state index is 12.3. The summed E-state index contributed by atoms with van der Waals surface area (Å²) in [5, 5.41) is 43.6. The van der Waals surface area contributed by atoms with E-state index in [1.165, 1.54) is 5.57 Å². The molecule has 0 bridgehead atoms. The van der Waals surface area contributed by atoms with Gasteiger partial charge in [-0.05, 0) is 97.2 Å². The van der Waals surface area contributed by atoms with E-state index < -0.39 is 29.7 Å². The van der Waals surface area contributed by atoms with E-state index in [-0.39, 0.29) is 33.0 Å². The van der Waals surface area contributed by atoms with Gasteiger partial charge in [0.1, 0.15) is 0 Å². The molecule has 0 spiro atoms. The summed E-state index contributed by atoms with van der Waals surface area (Å²) >= 11 is 0. The number of aliphatic hydroxyl groups excluding tert-OH is 3. The lowest BCUT2D eigenvalue weighted by Crippen LogP contribution is -2.67. The molecule has 0 radical (unpaired) electrons. The number of aliphatic carboxylic acids is 1. The molecule has 11 atom stereocenters. The number of hydrogen-bond acceptors (Lipinski definition) is 4. The third kappa shape index (κ3) is 2.95. The Bertz CT molecular complexity index is 956. The Labute approximate surface area is 211 Å². The molecular weight excluding hydrogens is 440 g/mol. The number of hydrogen-bond donors (Lipinski definition) is 4. The predicted octanol–water partition coefficient (Wildman–Crippen LogP) is 5.18. The molecule has 198 valence electrons. The molecule has 5 rings (SSSR count). The molecule has 0 aromatic carbocycles. The summed E-state index contributed by atoms with van der Waals surface area (Å²) in [7, 11) is 0. The normalized spacial score (nSPS) is 57.1. The van der Waals surface area contributed by atoms with Gasteiger partial charge < -0.3 is 20.4 Å². The third-order valence-corrected chi connectivity index (χ3v) is 13.4. The topological polar surface area (TPSA) is 98.0 Å². The molecule has 0 saturated heterocycles. The van der Waals surface area contributed by atoms with Gasteiger partial charge in [-0.3, -0.25) is 4.79 Å². The fraction of sp³-hybridized carbons (Fsp3) is 0.900. The van der Waals surface area contributed by atoms with Crippen molar-refractivity contribution in [1.82, 2.24) is 0 Å². The zero-order valence-electron chi connectivity index (χ0n) is 22.9. The number of allylic oxidation sites excluding steroid dienone is 1. The first-order valence-corrected chi connectivity index (χ1v) is 14.0. The van der Waals surface area contributed by atoms with Crippen LogP contribution in [0, 0.1) is 50.2 Å². The van der Waals surface area contributed by atoms with Gasteiger partial charge in [0, 0.05) is 5.92 Å². The first-order valence-electron chi connectivity index (χ1n) is 14.0. The predicted molar refractivity (Wildman–Crippen MR) is 135 cm³/mol. The average Bonchev–Trinajstić information content (AvgIpc) is 2.76. The van der Waals surface area contributed by atoms with Crippen LogP contribution in [-0.2, 0) is 4.79 Å². The summed E-state index contributed by atoms with van der Waals surface area (Å²) in [6.45, 7) is 15.5. The van der Waals surface area contributed by atoms with E-state index in [1.807, 2.05) is 0 Å². The second-order valence-corrected chi connectivity index (χ2v) is 15.1. The van der Waals surface area contributed by atoms with Crippen LogP contribution < -0.4 is 0 Å². The van der Waals surface area contributed by atoms with Gasteiger partial charge in [-0.25, -0.2) is 0 Å². The maximum absolute atomic E-state index is 12.3. The minimum Gasteiger partial charge on any atom is -0.481 e. The molecule has 5 nitrogen and oxygen atoms in total. The fourth-order valence-electron chi connectivity index (χ4n) is 10.8. The highest BCUT2D eigenvalue weighted by Crippen LogP contribution is 2.75. The Balaban J connectivity index is 1.61. The molecule has 0 aromatic heterocycles. The van der Waals surface area contributed by atoms with Crippen molar-refractivity contribution in [3.8, 4) is 0 Å². The van der Waals surface area contributed by atoms with Crippen molar-refractivity contribution < 1.29 is 25.2 Å². The molecule has 0 unspecified atom stereocenters. The average molecular weight is 489 g/mol. The highest BCUT2D eigenvalue weighted by atomic mass is 16.4.